The fourth-order valence-corrected chi connectivity index (χ4v) is 3.63. The molecule has 0 aliphatic heterocycles. The molecule has 2 unspecified atom stereocenters. The summed E-state index contributed by atoms with van der Waals surface area (Å²) >= 11 is 1.60. The monoisotopic (exact) mass is 359 g/mol. The molecule has 2 aromatic rings. The summed E-state index contributed by atoms with van der Waals surface area (Å²) in [5, 5.41) is 16.6. The summed E-state index contributed by atoms with van der Waals surface area (Å²) in [6.45, 7) is 9.68. The molecule has 0 saturated carbocycles. The minimum atomic E-state index is -0.769. The molecule has 2 rings (SSSR count). The smallest absolute Gasteiger partial charge is 0.305 e. The van der Waals surface area contributed by atoms with Crippen LogP contribution in [0.1, 0.15) is 56.8 Å². The first-order chi connectivity index (χ1) is 11.8. The molecule has 25 heavy (non-hydrogen) atoms. The van der Waals surface area contributed by atoms with Gasteiger partial charge < -0.3 is 10.4 Å². The molecule has 0 saturated heterocycles. The van der Waals surface area contributed by atoms with Crippen molar-refractivity contribution in [3.05, 3.63) is 57.8 Å². The second-order valence-corrected chi connectivity index (χ2v) is 8.65. The van der Waals surface area contributed by atoms with Gasteiger partial charge >= 0.3 is 5.97 Å². The lowest BCUT2D eigenvalue weighted by Crippen LogP contribution is -2.28. The minimum absolute atomic E-state index is 0.115. The highest BCUT2D eigenvalue weighted by Crippen LogP contribution is 2.23. The standard InChI is InChI=1S/C21H29NO2S/c1-15(11-16-5-7-18(8-6-16)21(2,3)4)13-22-19(12-20(23)24)17-9-10-25-14-17/h5-10,14-15,19,22H,11-13H2,1-4H3,(H,23,24). The van der Waals surface area contributed by atoms with E-state index in [0.717, 1.165) is 18.5 Å². The molecule has 2 N–H and O–H groups in total. The molecule has 0 spiro atoms. The van der Waals surface area contributed by atoms with E-state index >= 15 is 0 Å². The van der Waals surface area contributed by atoms with Gasteiger partial charge in [0.05, 0.1) is 6.42 Å². The molecule has 1 aromatic heterocycles. The van der Waals surface area contributed by atoms with Crippen LogP contribution in [-0.4, -0.2) is 17.6 Å². The Bertz CT molecular complexity index is 656. The normalized spacial score (nSPS) is 14.2. The summed E-state index contributed by atoms with van der Waals surface area (Å²) in [5.74, 6) is -0.329. The van der Waals surface area contributed by atoms with Crippen molar-refractivity contribution in [2.45, 2.75) is 52.0 Å². The third kappa shape index (κ3) is 6.29. The Kier molecular flexibility index (Phi) is 6.79. The SMILES string of the molecule is CC(CNC(CC(=O)O)c1ccsc1)Cc1ccc(C(C)(C)C)cc1. The van der Waals surface area contributed by atoms with Crippen LogP contribution in [0.2, 0.25) is 0 Å². The van der Waals surface area contributed by atoms with E-state index in [4.69, 9.17) is 5.11 Å². The number of rotatable bonds is 8. The van der Waals surface area contributed by atoms with Crippen molar-refractivity contribution >= 4 is 17.3 Å². The summed E-state index contributed by atoms with van der Waals surface area (Å²) in [6.07, 6.45) is 1.10. The third-order valence-electron chi connectivity index (χ3n) is 4.44. The lowest BCUT2D eigenvalue weighted by Gasteiger charge is -2.21. The minimum Gasteiger partial charge on any atom is -0.481 e. The van der Waals surface area contributed by atoms with E-state index in [1.54, 1.807) is 11.3 Å². The molecule has 0 aliphatic carbocycles. The van der Waals surface area contributed by atoms with Crippen LogP contribution in [0.3, 0.4) is 0 Å². The number of benzene rings is 1. The number of carbonyl (C=O) groups is 1. The van der Waals surface area contributed by atoms with Crippen LogP contribution >= 0.6 is 11.3 Å². The van der Waals surface area contributed by atoms with Gasteiger partial charge in [-0.2, -0.15) is 11.3 Å². The quantitative estimate of drug-likeness (QED) is 0.695. The Morgan fingerprint density at radius 2 is 1.88 bits per heavy atom. The van der Waals surface area contributed by atoms with Crippen LogP contribution in [0.15, 0.2) is 41.1 Å². The molecule has 0 aliphatic rings. The van der Waals surface area contributed by atoms with Crippen molar-refractivity contribution in [3.8, 4) is 0 Å². The molecule has 0 amide bonds. The van der Waals surface area contributed by atoms with E-state index in [1.807, 2.05) is 16.8 Å². The molecule has 0 bridgehead atoms. The van der Waals surface area contributed by atoms with Gasteiger partial charge in [0.25, 0.3) is 0 Å². The molecule has 0 radical (unpaired) electrons. The van der Waals surface area contributed by atoms with E-state index in [0.29, 0.717) is 5.92 Å². The van der Waals surface area contributed by atoms with Gasteiger partial charge in [0.2, 0.25) is 0 Å². The van der Waals surface area contributed by atoms with Gasteiger partial charge in [-0.15, -0.1) is 0 Å². The molecule has 1 aromatic carbocycles. The zero-order valence-electron chi connectivity index (χ0n) is 15.6. The molecule has 2 atom stereocenters. The largest absolute Gasteiger partial charge is 0.481 e. The molecule has 136 valence electrons. The number of hydrogen-bond acceptors (Lipinski definition) is 3. The lowest BCUT2D eigenvalue weighted by atomic mass is 9.86. The predicted molar refractivity (Wildman–Crippen MR) is 105 cm³/mol. The summed E-state index contributed by atoms with van der Waals surface area (Å²) in [6, 6.07) is 10.7. The van der Waals surface area contributed by atoms with Crippen LogP contribution < -0.4 is 5.32 Å². The number of hydrogen-bond donors (Lipinski definition) is 2. The van der Waals surface area contributed by atoms with E-state index in [-0.39, 0.29) is 17.9 Å². The molecular weight excluding hydrogens is 330 g/mol. The molecule has 1 heterocycles. The van der Waals surface area contributed by atoms with E-state index < -0.39 is 5.97 Å². The highest BCUT2D eigenvalue weighted by Gasteiger charge is 2.17. The maximum atomic E-state index is 11.1. The molecular formula is C21H29NO2S. The van der Waals surface area contributed by atoms with Crippen molar-refractivity contribution in [1.29, 1.82) is 0 Å². The zero-order valence-corrected chi connectivity index (χ0v) is 16.4. The summed E-state index contributed by atoms with van der Waals surface area (Å²) in [7, 11) is 0. The fourth-order valence-electron chi connectivity index (χ4n) is 2.91. The number of aliphatic carboxylic acids is 1. The number of nitrogens with one attached hydrogen (secondary N) is 1. The molecule has 0 fully saturated rings. The van der Waals surface area contributed by atoms with Gasteiger partial charge in [0, 0.05) is 6.04 Å². The Morgan fingerprint density at radius 3 is 2.40 bits per heavy atom. The van der Waals surface area contributed by atoms with E-state index in [1.165, 1.54) is 11.1 Å². The zero-order chi connectivity index (χ0) is 18.4. The Balaban J connectivity index is 1.90. The predicted octanol–water partition coefficient (Wildman–Crippen LogP) is 5.03. The summed E-state index contributed by atoms with van der Waals surface area (Å²) in [5.41, 5.74) is 3.92. The van der Waals surface area contributed by atoms with Crippen molar-refractivity contribution in [3.63, 3.8) is 0 Å². The van der Waals surface area contributed by atoms with Gasteiger partial charge in [-0.1, -0.05) is 52.0 Å². The van der Waals surface area contributed by atoms with Crippen molar-refractivity contribution in [2.24, 2.45) is 5.92 Å². The average molecular weight is 360 g/mol. The fraction of sp³-hybridized carbons (Fsp3) is 0.476. The van der Waals surface area contributed by atoms with Crippen molar-refractivity contribution < 1.29 is 9.90 Å². The second kappa shape index (κ2) is 8.63. The number of carboxylic acids is 1. The first-order valence-corrected chi connectivity index (χ1v) is 9.76. The molecule has 3 nitrogen and oxygen atoms in total. The third-order valence-corrected chi connectivity index (χ3v) is 5.14. The lowest BCUT2D eigenvalue weighted by molar-refractivity contribution is -0.137. The number of thiophene rings is 1. The van der Waals surface area contributed by atoms with Gasteiger partial charge in [0.15, 0.2) is 0 Å². The van der Waals surface area contributed by atoms with E-state index in [2.05, 4.69) is 57.3 Å². The summed E-state index contributed by atoms with van der Waals surface area (Å²) < 4.78 is 0. The van der Waals surface area contributed by atoms with Crippen molar-refractivity contribution in [2.75, 3.05) is 6.54 Å². The van der Waals surface area contributed by atoms with Gasteiger partial charge in [-0.25, -0.2) is 0 Å². The highest BCUT2D eigenvalue weighted by molar-refractivity contribution is 7.07. The maximum absolute atomic E-state index is 11.1. The van der Waals surface area contributed by atoms with Gasteiger partial charge in [-0.05, 0) is 57.8 Å². The topological polar surface area (TPSA) is 49.3 Å². The molecule has 4 heteroatoms. The highest BCUT2D eigenvalue weighted by atomic mass is 32.1. The second-order valence-electron chi connectivity index (χ2n) is 7.87. The number of carboxylic acid groups (broad SMARTS) is 1. The van der Waals surface area contributed by atoms with Gasteiger partial charge in [-0.3, -0.25) is 4.79 Å². The first kappa shape index (κ1) is 19.7. The Morgan fingerprint density at radius 1 is 1.20 bits per heavy atom. The first-order valence-electron chi connectivity index (χ1n) is 8.82. The Hall–Kier alpha value is -1.65. The Labute approximate surface area is 155 Å². The van der Waals surface area contributed by atoms with Crippen LogP contribution in [0.5, 0.6) is 0 Å². The van der Waals surface area contributed by atoms with Crippen molar-refractivity contribution in [1.82, 2.24) is 5.32 Å². The van der Waals surface area contributed by atoms with E-state index in [9.17, 15) is 4.79 Å². The van der Waals surface area contributed by atoms with Crippen LogP contribution in [0.4, 0.5) is 0 Å². The average Bonchev–Trinajstić information content (AvgIpc) is 3.05. The van der Waals surface area contributed by atoms with Crippen LogP contribution in [0.25, 0.3) is 0 Å². The maximum Gasteiger partial charge on any atom is 0.305 e. The van der Waals surface area contributed by atoms with Crippen LogP contribution in [-0.2, 0) is 16.6 Å². The van der Waals surface area contributed by atoms with Crippen LogP contribution in [0, 0.1) is 5.92 Å². The summed E-state index contributed by atoms with van der Waals surface area (Å²) in [4.78, 5) is 11.1. The van der Waals surface area contributed by atoms with Gasteiger partial charge in [0.1, 0.15) is 0 Å².